The maximum absolute atomic E-state index is 6.48. The van der Waals surface area contributed by atoms with Gasteiger partial charge in [0, 0.05) is 12.1 Å². The molecule has 1 fully saturated rings. The smallest absolute Gasteiger partial charge is 0.120 e. The summed E-state index contributed by atoms with van der Waals surface area (Å²) in [6, 6.07) is 5.62. The summed E-state index contributed by atoms with van der Waals surface area (Å²) in [5.74, 6) is 0.748. The van der Waals surface area contributed by atoms with Crippen molar-refractivity contribution >= 4 is 23.2 Å². The Balaban J connectivity index is 2.11. The van der Waals surface area contributed by atoms with Crippen LogP contribution in [0.1, 0.15) is 36.6 Å². The summed E-state index contributed by atoms with van der Waals surface area (Å²) >= 11 is 12.7. The Hall–Kier alpha value is -0.440. The first-order valence-electron chi connectivity index (χ1n) is 6.13. The van der Waals surface area contributed by atoms with Crippen LogP contribution in [0.5, 0.6) is 5.75 Å². The minimum Gasteiger partial charge on any atom is -0.497 e. The van der Waals surface area contributed by atoms with Gasteiger partial charge in [-0.1, -0.05) is 17.7 Å². The lowest BCUT2D eigenvalue weighted by molar-refractivity contribution is -0.0780. The quantitative estimate of drug-likeness (QED) is 0.738. The molecule has 1 aliphatic rings. The number of methoxy groups -OCH3 is 2. The maximum Gasteiger partial charge on any atom is 0.120 e. The molecule has 0 aliphatic heterocycles. The average molecular weight is 289 g/mol. The van der Waals surface area contributed by atoms with Crippen molar-refractivity contribution in [3.8, 4) is 5.75 Å². The number of hydrogen-bond acceptors (Lipinski definition) is 2. The topological polar surface area (TPSA) is 18.5 Å². The molecule has 0 amide bonds. The van der Waals surface area contributed by atoms with Crippen LogP contribution in [-0.2, 0) is 4.74 Å². The van der Waals surface area contributed by atoms with Gasteiger partial charge < -0.3 is 9.47 Å². The first kappa shape index (κ1) is 14.0. The third-order valence-electron chi connectivity index (χ3n) is 3.79. The number of hydrogen-bond donors (Lipinski definition) is 0. The molecule has 2 rings (SSSR count). The van der Waals surface area contributed by atoms with Crippen molar-refractivity contribution < 1.29 is 9.47 Å². The van der Waals surface area contributed by atoms with Crippen molar-refractivity contribution in [2.45, 2.75) is 36.7 Å². The molecular formula is C14H18Cl2O2. The van der Waals surface area contributed by atoms with Gasteiger partial charge in [0.05, 0.1) is 18.1 Å². The molecule has 0 bridgehead atoms. The molecule has 1 saturated carbocycles. The fourth-order valence-electron chi connectivity index (χ4n) is 2.39. The maximum atomic E-state index is 6.48. The van der Waals surface area contributed by atoms with Gasteiger partial charge >= 0.3 is 0 Å². The van der Waals surface area contributed by atoms with E-state index in [0.29, 0.717) is 5.02 Å². The highest BCUT2D eigenvalue weighted by Gasteiger charge is 2.39. The Labute approximate surface area is 118 Å². The number of benzene rings is 1. The van der Waals surface area contributed by atoms with Crippen LogP contribution in [0.15, 0.2) is 18.2 Å². The number of halogens is 2. The van der Waals surface area contributed by atoms with Gasteiger partial charge in [-0.05, 0) is 43.4 Å². The van der Waals surface area contributed by atoms with Crippen molar-refractivity contribution in [1.29, 1.82) is 0 Å². The van der Waals surface area contributed by atoms with Crippen LogP contribution in [0.4, 0.5) is 0 Å². The lowest BCUT2D eigenvalue weighted by atomic mass is 9.76. The summed E-state index contributed by atoms with van der Waals surface area (Å²) in [6.45, 7) is 0. The van der Waals surface area contributed by atoms with Gasteiger partial charge in [0.25, 0.3) is 0 Å². The minimum absolute atomic E-state index is 0.0460. The van der Waals surface area contributed by atoms with Crippen molar-refractivity contribution in [1.82, 2.24) is 0 Å². The molecule has 0 radical (unpaired) electrons. The number of alkyl halides is 1. The van der Waals surface area contributed by atoms with Crippen molar-refractivity contribution in [2.24, 2.45) is 0 Å². The molecule has 18 heavy (non-hydrogen) atoms. The summed E-state index contributed by atoms with van der Waals surface area (Å²) in [5.41, 5.74) is 0.901. The van der Waals surface area contributed by atoms with Gasteiger partial charge in [0.15, 0.2) is 0 Å². The van der Waals surface area contributed by atoms with Gasteiger partial charge in [-0.3, -0.25) is 0 Å². The monoisotopic (exact) mass is 288 g/mol. The van der Waals surface area contributed by atoms with Gasteiger partial charge in [0.1, 0.15) is 5.75 Å². The van der Waals surface area contributed by atoms with E-state index in [4.69, 9.17) is 32.7 Å². The van der Waals surface area contributed by atoms with Crippen LogP contribution in [0, 0.1) is 0 Å². The third kappa shape index (κ3) is 2.76. The third-order valence-corrected chi connectivity index (χ3v) is 4.51. The van der Waals surface area contributed by atoms with E-state index in [1.165, 1.54) is 6.42 Å². The molecule has 0 N–H and O–H groups in total. The van der Waals surface area contributed by atoms with E-state index in [2.05, 4.69) is 0 Å². The van der Waals surface area contributed by atoms with Crippen LogP contribution in [0.25, 0.3) is 0 Å². The lowest BCUT2D eigenvalue weighted by Gasteiger charge is -2.42. The van der Waals surface area contributed by atoms with Gasteiger partial charge in [-0.25, -0.2) is 0 Å². The zero-order valence-electron chi connectivity index (χ0n) is 10.7. The molecule has 1 aliphatic carbocycles. The summed E-state index contributed by atoms with van der Waals surface area (Å²) in [4.78, 5) is 0. The molecule has 1 unspecified atom stereocenters. The van der Waals surface area contributed by atoms with Crippen LogP contribution in [0.2, 0.25) is 5.02 Å². The molecule has 0 heterocycles. The summed E-state index contributed by atoms with van der Waals surface area (Å²) in [6.07, 6.45) is 4.19. The Bertz CT molecular complexity index is 411. The van der Waals surface area contributed by atoms with E-state index in [0.717, 1.165) is 30.6 Å². The Morgan fingerprint density at radius 2 is 2.06 bits per heavy atom. The predicted octanol–water partition coefficient (Wildman–Crippen LogP) is 4.59. The molecule has 0 aromatic heterocycles. The minimum atomic E-state index is -0.122. The van der Waals surface area contributed by atoms with E-state index in [1.807, 2.05) is 12.1 Å². The number of rotatable bonds is 5. The summed E-state index contributed by atoms with van der Waals surface area (Å²) in [7, 11) is 3.39. The fourth-order valence-corrected chi connectivity index (χ4v) is 3.22. The molecule has 1 atom stereocenters. The molecule has 0 saturated heterocycles. The van der Waals surface area contributed by atoms with Crippen LogP contribution < -0.4 is 4.74 Å². The van der Waals surface area contributed by atoms with Crippen molar-refractivity contribution in [3.05, 3.63) is 28.8 Å². The molecule has 1 aromatic rings. The van der Waals surface area contributed by atoms with Gasteiger partial charge in [0.2, 0.25) is 0 Å². The standard InChI is InChI=1S/C14H18Cl2O2/c1-17-10-4-5-11(12(15)8-10)13(16)9-14(18-2)6-3-7-14/h4-5,8,13H,3,6-7,9H2,1-2H3. The molecule has 4 heteroatoms. The largest absolute Gasteiger partial charge is 0.497 e. The summed E-state index contributed by atoms with van der Waals surface area (Å²) in [5, 5.41) is 0.531. The van der Waals surface area contributed by atoms with Crippen molar-refractivity contribution in [2.75, 3.05) is 14.2 Å². The van der Waals surface area contributed by atoms with Gasteiger partial charge in [-0.2, -0.15) is 0 Å². The lowest BCUT2D eigenvalue weighted by Crippen LogP contribution is -2.39. The van der Waals surface area contributed by atoms with E-state index in [1.54, 1.807) is 20.3 Å². The Morgan fingerprint density at radius 3 is 2.50 bits per heavy atom. The Morgan fingerprint density at radius 1 is 1.33 bits per heavy atom. The zero-order chi connectivity index (χ0) is 13.2. The summed E-state index contributed by atoms with van der Waals surface area (Å²) < 4.78 is 10.7. The second kappa shape index (κ2) is 5.68. The SMILES string of the molecule is COc1ccc(C(Cl)CC2(OC)CCC2)c(Cl)c1. The molecular weight excluding hydrogens is 271 g/mol. The van der Waals surface area contributed by atoms with Crippen LogP contribution in [-0.4, -0.2) is 19.8 Å². The van der Waals surface area contributed by atoms with E-state index >= 15 is 0 Å². The van der Waals surface area contributed by atoms with E-state index in [-0.39, 0.29) is 11.0 Å². The van der Waals surface area contributed by atoms with Crippen LogP contribution >= 0.6 is 23.2 Å². The number of ether oxygens (including phenoxy) is 2. The predicted molar refractivity (Wildman–Crippen MR) is 74.8 cm³/mol. The average Bonchev–Trinajstić information content (AvgIpc) is 2.33. The normalized spacial score (nSPS) is 19.1. The zero-order valence-corrected chi connectivity index (χ0v) is 12.2. The second-order valence-electron chi connectivity index (χ2n) is 4.80. The Kier molecular flexibility index (Phi) is 4.41. The fraction of sp³-hybridized carbons (Fsp3) is 0.571. The highest BCUT2D eigenvalue weighted by molar-refractivity contribution is 6.33. The molecule has 1 aromatic carbocycles. The molecule has 100 valence electrons. The van der Waals surface area contributed by atoms with Gasteiger partial charge in [-0.15, -0.1) is 11.6 Å². The molecule has 2 nitrogen and oxygen atoms in total. The van der Waals surface area contributed by atoms with E-state index in [9.17, 15) is 0 Å². The van der Waals surface area contributed by atoms with E-state index < -0.39 is 0 Å². The van der Waals surface area contributed by atoms with Crippen LogP contribution in [0.3, 0.4) is 0 Å². The highest BCUT2D eigenvalue weighted by atomic mass is 35.5. The van der Waals surface area contributed by atoms with Crippen molar-refractivity contribution in [3.63, 3.8) is 0 Å². The molecule has 0 spiro atoms. The second-order valence-corrected chi connectivity index (χ2v) is 5.73. The first-order valence-corrected chi connectivity index (χ1v) is 6.94. The first-order chi connectivity index (χ1) is 8.60. The highest BCUT2D eigenvalue weighted by Crippen LogP contribution is 2.45.